The molecule has 0 aliphatic rings. The highest BCUT2D eigenvalue weighted by molar-refractivity contribution is 5.90. The van der Waals surface area contributed by atoms with Crippen molar-refractivity contribution in [2.24, 2.45) is 0 Å². The number of hydrogen-bond acceptors (Lipinski definition) is 3. The smallest absolute Gasteiger partial charge is 0.349 e. The molecule has 0 aromatic heterocycles. The maximum atomic E-state index is 9.71. The number of aliphatic hydroxyl groups is 1. The first kappa shape index (κ1) is 6.50. The van der Waals surface area contributed by atoms with Gasteiger partial charge in [-0.2, -0.15) is 5.26 Å². The highest BCUT2D eigenvalue weighted by atomic mass is 16.4. The zero-order valence-electron chi connectivity index (χ0n) is 3.83. The third kappa shape index (κ3) is 1.30. The van der Waals surface area contributed by atoms with E-state index in [-0.39, 0.29) is 6.26 Å². The molecule has 2 N–H and O–H groups in total. The fourth-order valence-corrected chi connectivity index (χ4v) is 0.132. The Hall–Kier alpha value is -1.50. The van der Waals surface area contributed by atoms with Crippen molar-refractivity contribution < 1.29 is 15.0 Å². The van der Waals surface area contributed by atoms with Crippen molar-refractivity contribution in [2.45, 2.75) is 0 Å². The van der Waals surface area contributed by atoms with Crippen LogP contribution in [-0.4, -0.2) is 16.2 Å². The van der Waals surface area contributed by atoms with E-state index in [1.165, 1.54) is 6.07 Å². The van der Waals surface area contributed by atoms with Crippen LogP contribution in [0.4, 0.5) is 0 Å². The second kappa shape index (κ2) is 2.64. The Morgan fingerprint density at radius 2 is 2.25 bits per heavy atom. The first-order valence-electron chi connectivity index (χ1n) is 1.70. The van der Waals surface area contributed by atoms with Crippen molar-refractivity contribution >= 4 is 5.97 Å². The van der Waals surface area contributed by atoms with Crippen LogP contribution in [-0.2, 0) is 4.79 Å². The summed E-state index contributed by atoms with van der Waals surface area (Å²) in [6.07, 6.45) is 0.252. The van der Waals surface area contributed by atoms with E-state index in [0.29, 0.717) is 0 Å². The van der Waals surface area contributed by atoms with Gasteiger partial charge in [0.15, 0.2) is 5.57 Å². The molecule has 0 aliphatic heterocycles. The lowest BCUT2D eigenvalue weighted by atomic mass is 10.3. The van der Waals surface area contributed by atoms with E-state index < -0.39 is 11.5 Å². The molecular formula is C4H3NO3. The van der Waals surface area contributed by atoms with E-state index in [1.54, 1.807) is 0 Å². The van der Waals surface area contributed by atoms with Gasteiger partial charge in [0.1, 0.15) is 12.3 Å². The van der Waals surface area contributed by atoms with Gasteiger partial charge in [-0.1, -0.05) is 0 Å². The third-order valence-corrected chi connectivity index (χ3v) is 0.480. The average Bonchev–Trinajstić information content (AvgIpc) is 1.69. The number of nitriles is 1. The van der Waals surface area contributed by atoms with E-state index in [1.807, 2.05) is 0 Å². The van der Waals surface area contributed by atoms with Gasteiger partial charge in [0.05, 0.1) is 0 Å². The zero-order chi connectivity index (χ0) is 6.57. The fourth-order valence-electron chi connectivity index (χ4n) is 0.132. The number of rotatable bonds is 1. The lowest BCUT2D eigenvalue weighted by molar-refractivity contribution is -0.132. The quantitative estimate of drug-likeness (QED) is 0.285. The third-order valence-electron chi connectivity index (χ3n) is 0.480. The lowest BCUT2D eigenvalue weighted by Crippen LogP contribution is -1.96. The van der Waals surface area contributed by atoms with Crippen LogP contribution in [0.5, 0.6) is 0 Å². The minimum Gasteiger partial charge on any atom is -0.514 e. The summed E-state index contributed by atoms with van der Waals surface area (Å²) < 4.78 is 0. The van der Waals surface area contributed by atoms with Crippen LogP contribution >= 0.6 is 0 Å². The molecule has 0 bridgehead atoms. The predicted octanol–water partition coefficient (Wildman–Crippen LogP) is 0.0365. The summed E-state index contributed by atoms with van der Waals surface area (Å²) in [7, 11) is 0. The second-order valence-electron chi connectivity index (χ2n) is 0.960. The summed E-state index contributed by atoms with van der Waals surface area (Å²) in [4.78, 5) is 9.71. The molecule has 0 saturated heterocycles. The van der Waals surface area contributed by atoms with Crippen LogP contribution in [0.25, 0.3) is 0 Å². The normalized spacial score (nSPS) is 10.1. The molecule has 0 fully saturated rings. The number of hydrogen-bond donors (Lipinski definition) is 2. The summed E-state index contributed by atoms with van der Waals surface area (Å²) in [6.45, 7) is 0. The summed E-state index contributed by atoms with van der Waals surface area (Å²) in [5.74, 6) is -1.42. The molecule has 0 aromatic carbocycles. The molecular weight excluding hydrogens is 110 g/mol. The Bertz CT molecular complexity index is 165. The Balaban J connectivity index is 4.20. The van der Waals surface area contributed by atoms with Crippen molar-refractivity contribution in [1.82, 2.24) is 0 Å². The van der Waals surface area contributed by atoms with Crippen LogP contribution in [0.1, 0.15) is 0 Å². The molecule has 0 heterocycles. The average molecular weight is 113 g/mol. The Morgan fingerprint density at radius 3 is 2.25 bits per heavy atom. The second-order valence-corrected chi connectivity index (χ2v) is 0.960. The monoisotopic (exact) mass is 113 g/mol. The van der Waals surface area contributed by atoms with Crippen molar-refractivity contribution in [3.63, 3.8) is 0 Å². The lowest BCUT2D eigenvalue weighted by Gasteiger charge is -1.80. The number of carbonyl (C=O) groups is 1. The van der Waals surface area contributed by atoms with Gasteiger partial charge >= 0.3 is 5.97 Å². The topological polar surface area (TPSA) is 81.3 Å². The fraction of sp³-hybridized carbons (Fsp3) is 0. The van der Waals surface area contributed by atoms with E-state index >= 15 is 0 Å². The summed E-state index contributed by atoms with van der Waals surface area (Å²) in [6, 6.07) is 1.26. The maximum Gasteiger partial charge on any atom is 0.349 e. The molecule has 8 heavy (non-hydrogen) atoms. The number of carboxylic acid groups (broad SMARTS) is 1. The van der Waals surface area contributed by atoms with Crippen LogP contribution in [0.15, 0.2) is 11.8 Å². The van der Waals surface area contributed by atoms with Crippen molar-refractivity contribution in [3.8, 4) is 6.07 Å². The van der Waals surface area contributed by atoms with Gasteiger partial charge in [0.2, 0.25) is 0 Å². The Morgan fingerprint density at radius 1 is 1.75 bits per heavy atom. The van der Waals surface area contributed by atoms with Gasteiger partial charge in [0.25, 0.3) is 0 Å². The maximum absolute atomic E-state index is 9.71. The summed E-state index contributed by atoms with van der Waals surface area (Å²) >= 11 is 0. The first-order valence-corrected chi connectivity index (χ1v) is 1.70. The van der Waals surface area contributed by atoms with Crippen molar-refractivity contribution in [2.75, 3.05) is 0 Å². The largest absolute Gasteiger partial charge is 0.514 e. The standard InChI is InChI=1S/C4H3NO3/c5-1-3(2-6)4(7)8/h2,6H,(H,7,8)/b3-2-. The van der Waals surface area contributed by atoms with Crippen LogP contribution in [0.2, 0.25) is 0 Å². The van der Waals surface area contributed by atoms with E-state index in [2.05, 4.69) is 0 Å². The molecule has 4 nitrogen and oxygen atoms in total. The molecule has 0 aliphatic carbocycles. The molecule has 0 atom stereocenters. The van der Waals surface area contributed by atoms with Gasteiger partial charge in [-0.3, -0.25) is 0 Å². The minimum atomic E-state index is -1.42. The summed E-state index contributed by atoms with van der Waals surface area (Å²) in [5, 5.41) is 23.7. The molecule has 0 aromatic rings. The molecule has 0 spiro atoms. The first-order chi connectivity index (χ1) is 3.72. The number of carboxylic acids is 1. The van der Waals surface area contributed by atoms with Crippen LogP contribution in [0.3, 0.4) is 0 Å². The highest BCUT2D eigenvalue weighted by Crippen LogP contribution is 1.86. The van der Waals surface area contributed by atoms with Crippen molar-refractivity contribution in [1.29, 1.82) is 5.26 Å². The van der Waals surface area contributed by atoms with Gasteiger partial charge in [-0.15, -0.1) is 0 Å². The number of nitrogens with zero attached hydrogens (tertiary/aromatic N) is 1. The van der Waals surface area contributed by atoms with E-state index in [0.717, 1.165) is 0 Å². The highest BCUT2D eigenvalue weighted by Gasteiger charge is 2.02. The molecule has 0 unspecified atom stereocenters. The Labute approximate surface area is 45.3 Å². The van der Waals surface area contributed by atoms with Gasteiger partial charge in [-0.25, -0.2) is 4.79 Å². The Kier molecular flexibility index (Phi) is 2.14. The predicted molar refractivity (Wildman–Crippen MR) is 24.0 cm³/mol. The molecule has 42 valence electrons. The van der Waals surface area contributed by atoms with Crippen LogP contribution < -0.4 is 0 Å². The van der Waals surface area contributed by atoms with E-state index in [4.69, 9.17) is 15.5 Å². The van der Waals surface area contributed by atoms with Gasteiger partial charge < -0.3 is 10.2 Å². The van der Waals surface area contributed by atoms with Gasteiger partial charge in [0, 0.05) is 0 Å². The molecule has 0 rings (SSSR count). The van der Waals surface area contributed by atoms with E-state index in [9.17, 15) is 4.79 Å². The molecule has 0 radical (unpaired) electrons. The number of aliphatic hydroxyl groups excluding tert-OH is 1. The van der Waals surface area contributed by atoms with Gasteiger partial charge in [-0.05, 0) is 0 Å². The SMILES string of the molecule is N#C/C(=C/O)C(=O)O. The summed E-state index contributed by atoms with van der Waals surface area (Å²) in [5.41, 5.74) is -0.662. The molecule has 0 saturated carbocycles. The molecule has 4 heteroatoms. The zero-order valence-corrected chi connectivity index (χ0v) is 3.83. The minimum absolute atomic E-state index is 0.252. The number of aliphatic carboxylic acids is 1. The molecule has 0 amide bonds. The van der Waals surface area contributed by atoms with Crippen LogP contribution in [0, 0.1) is 11.3 Å². The van der Waals surface area contributed by atoms with Crippen molar-refractivity contribution in [3.05, 3.63) is 11.8 Å².